The Kier molecular flexibility index (Phi) is 5.27. The third-order valence-corrected chi connectivity index (χ3v) is 4.37. The number of benzene rings is 2. The summed E-state index contributed by atoms with van der Waals surface area (Å²) < 4.78 is 30.4. The Balaban J connectivity index is 1.72. The number of hydrogen-bond donors (Lipinski definition) is 2. The fourth-order valence-electron chi connectivity index (χ4n) is 3.01. The number of imidazole rings is 1. The van der Waals surface area contributed by atoms with Gasteiger partial charge in [-0.3, -0.25) is 14.0 Å². The van der Waals surface area contributed by atoms with Gasteiger partial charge < -0.3 is 15.8 Å². The predicted octanol–water partition coefficient (Wildman–Crippen LogP) is 3.35. The molecule has 2 aromatic carbocycles. The van der Waals surface area contributed by atoms with Crippen molar-refractivity contribution in [3.8, 4) is 17.0 Å². The smallest absolute Gasteiger partial charge is 0.387 e. The first-order valence-electron chi connectivity index (χ1n) is 9.02. The van der Waals surface area contributed by atoms with Gasteiger partial charge in [0.25, 0.3) is 11.8 Å². The predicted molar refractivity (Wildman–Crippen MR) is 108 cm³/mol. The number of alkyl halides is 2. The highest BCUT2D eigenvalue weighted by Gasteiger charge is 2.19. The van der Waals surface area contributed by atoms with Gasteiger partial charge >= 0.3 is 6.61 Å². The fourth-order valence-corrected chi connectivity index (χ4v) is 3.01. The minimum Gasteiger partial charge on any atom is -0.435 e. The average Bonchev–Trinajstić information content (AvgIpc) is 3.19. The largest absolute Gasteiger partial charge is 0.435 e. The van der Waals surface area contributed by atoms with Crippen molar-refractivity contribution in [2.75, 3.05) is 5.32 Å². The van der Waals surface area contributed by atoms with Crippen molar-refractivity contribution >= 4 is 23.1 Å². The van der Waals surface area contributed by atoms with Crippen LogP contribution in [0.2, 0.25) is 0 Å². The molecule has 0 saturated carbocycles. The van der Waals surface area contributed by atoms with Crippen LogP contribution in [0.1, 0.15) is 21.0 Å². The molecule has 31 heavy (non-hydrogen) atoms. The molecule has 4 rings (SSSR count). The topological polar surface area (TPSA) is 112 Å². The maximum Gasteiger partial charge on any atom is 0.387 e. The number of nitrogens with two attached hydrogens (primary N) is 1. The lowest BCUT2D eigenvalue weighted by Crippen LogP contribution is -2.17. The maximum absolute atomic E-state index is 12.8. The van der Waals surface area contributed by atoms with Gasteiger partial charge in [-0.2, -0.15) is 8.78 Å². The Morgan fingerprint density at radius 1 is 1.06 bits per heavy atom. The van der Waals surface area contributed by atoms with E-state index in [-0.39, 0.29) is 22.8 Å². The van der Waals surface area contributed by atoms with Gasteiger partial charge in [0.2, 0.25) is 0 Å². The monoisotopic (exact) mass is 423 g/mol. The highest BCUT2D eigenvalue weighted by Crippen LogP contribution is 2.24. The molecule has 0 unspecified atom stereocenters. The van der Waals surface area contributed by atoms with Crippen LogP contribution in [0.25, 0.3) is 16.9 Å². The van der Waals surface area contributed by atoms with Gasteiger partial charge in [0.1, 0.15) is 17.8 Å². The van der Waals surface area contributed by atoms with E-state index in [4.69, 9.17) is 5.73 Å². The zero-order valence-electron chi connectivity index (χ0n) is 15.8. The lowest BCUT2D eigenvalue weighted by molar-refractivity contribution is -0.0498. The molecule has 0 radical (unpaired) electrons. The Labute approximate surface area is 174 Å². The standard InChI is InChI=1S/C21H15F2N5O3/c22-21(23)31-14-8-6-13(7-9-14)26-20(30)15-10-16(12-4-2-1-3-5-12)28-11-25-17(18(24)29)19(28)27-15/h1-11,21H,(H2,24,29)(H,26,30). The second-order valence-corrected chi connectivity index (χ2v) is 6.40. The Hall–Kier alpha value is -4.34. The number of primary amides is 1. The van der Waals surface area contributed by atoms with E-state index in [1.165, 1.54) is 30.6 Å². The van der Waals surface area contributed by atoms with E-state index in [9.17, 15) is 18.4 Å². The number of hydrogen-bond acceptors (Lipinski definition) is 5. The Morgan fingerprint density at radius 3 is 2.42 bits per heavy atom. The number of fused-ring (bicyclic) bond motifs is 1. The number of anilines is 1. The van der Waals surface area contributed by atoms with Crippen molar-refractivity contribution in [2.45, 2.75) is 6.61 Å². The van der Waals surface area contributed by atoms with Gasteiger partial charge in [0.15, 0.2) is 11.3 Å². The van der Waals surface area contributed by atoms with Gasteiger partial charge in [0.05, 0.1) is 5.69 Å². The number of aromatic nitrogens is 3. The zero-order chi connectivity index (χ0) is 22.0. The summed E-state index contributed by atoms with van der Waals surface area (Å²) in [4.78, 5) is 32.9. The average molecular weight is 423 g/mol. The van der Waals surface area contributed by atoms with Gasteiger partial charge in [0, 0.05) is 5.69 Å². The van der Waals surface area contributed by atoms with E-state index in [0.29, 0.717) is 11.4 Å². The molecule has 0 aliphatic heterocycles. The van der Waals surface area contributed by atoms with E-state index in [2.05, 4.69) is 20.0 Å². The zero-order valence-corrected chi connectivity index (χ0v) is 15.8. The number of nitrogens with zero attached hydrogens (tertiary/aromatic N) is 3. The van der Waals surface area contributed by atoms with Crippen LogP contribution >= 0.6 is 0 Å². The van der Waals surface area contributed by atoms with E-state index in [1.54, 1.807) is 10.5 Å². The van der Waals surface area contributed by atoms with Crippen LogP contribution in [0.15, 0.2) is 67.0 Å². The van der Waals surface area contributed by atoms with Crippen LogP contribution in [0.3, 0.4) is 0 Å². The molecular formula is C21H15F2N5O3. The number of carbonyl (C=O) groups is 2. The number of nitrogens with one attached hydrogen (secondary N) is 1. The fraction of sp³-hybridized carbons (Fsp3) is 0.0476. The Morgan fingerprint density at radius 2 is 1.77 bits per heavy atom. The highest BCUT2D eigenvalue weighted by molar-refractivity contribution is 6.04. The van der Waals surface area contributed by atoms with Crippen molar-refractivity contribution in [3.05, 3.63) is 78.4 Å². The van der Waals surface area contributed by atoms with Crippen molar-refractivity contribution in [1.82, 2.24) is 14.4 Å². The summed E-state index contributed by atoms with van der Waals surface area (Å²) in [6.07, 6.45) is 1.41. The van der Waals surface area contributed by atoms with E-state index in [1.807, 2.05) is 30.3 Å². The first kappa shape index (κ1) is 20.0. The lowest BCUT2D eigenvalue weighted by Gasteiger charge is -2.10. The second-order valence-electron chi connectivity index (χ2n) is 6.40. The third-order valence-electron chi connectivity index (χ3n) is 4.37. The molecule has 10 heteroatoms. The molecule has 0 bridgehead atoms. The van der Waals surface area contributed by atoms with Crippen molar-refractivity contribution in [2.24, 2.45) is 5.73 Å². The van der Waals surface area contributed by atoms with E-state index < -0.39 is 18.4 Å². The lowest BCUT2D eigenvalue weighted by atomic mass is 10.1. The summed E-state index contributed by atoms with van der Waals surface area (Å²) in [7, 11) is 0. The van der Waals surface area contributed by atoms with Crippen molar-refractivity contribution in [3.63, 3.8) is 0 Å². The molecule has 0 aliphatic carbocycles. The minimum absolute atomic E-state index is 0.0160. The summed E-state index contributed by atoms with van der Waals surface area (Å²) in [5.41, 5.74) is 7.17. The third kappa shape index (κ3) is 4.17. The molecule has 0 fully saturated rings. The van der Waals surface area contributed by atoms with Crippen LogP contribution < -0.4 is 15.8 Å². The number of amides is 2. The first-order chi connectivity index (χ1) is 14.9. The van der Waals surface area contributed by atoms with Gasteiger partial charge in [-0.1, -0.05) is 30.3 Å². The summed E-state index contributed by atoms with van der Waals surface area (Å²) in [6, 6.07) is 16.2. The summed E-state index contributed by atoms with van der Waals surface area (Å²) in [5.74, 6) is -1.38. The molecule has 8 nitrogen and oxygen atoms in total. The van der Waals surface area contributed by atoms with Crippen LogP contribution in [0, 0.1) is 0 Å². The van der Waals surface area contributed by atoms with Crippen LogP contribution in [-0.2, 0) is 0 Å². The van der Waals surface area contributed by atoms with Crippen molar-refractivity contribution in [1.29, 1.82) is 0 Å². The van der Waals surface area contributed by atoms with Gasteiger partial charge in [-0.15, -0.1) is 0 Å². The van der Waals surface area contributed by atoms with E-state index >= 15 is 0 Å². The number of carbonyl (C=O) groups excluding carboxylic acids is 2. The van der Waals surface area contributed by atoms with E-state index in [0.717, 1.165) is 5.56 Å². The number of rotatable bonds is 6. The minimum atomic E-state index is -2.94. The summed E-state index contributed by atoms with van der Waals surface area (Å²) in [6.45, 7) is -2.94. The summed E-state index contributed by atoms with van der Waals surface area (Å²) in [5, 5.41) is 2.63. The van der Waals surface area contributed by atoms with Gasteiger partial charge in [-0.25, -0.2) is 9.97 Å². The molecule has 0 saturated heterocycles. The van der Waals surface area contributed by atoms with Crippen LogP contribution in [0.5, 0.6) is 5.75 Å². The van der Waals surface area contributed by atoms with Crippen molar-refractivity contribution < 1.29 is 23.1 Å². The quantitative estimate of drug-likeness (QED) is 0.494. The molecule has 2 amide bonds. The SMILES string of the molecule is NC(=O)c1ncn2c(-c3ccccc3)cc(C(=O)Nc3ccc(OC(F)F)cc3)nc12. The van der Waals surface area contributed by atoms with Crippen LogP contribution in [0.4, 0.5) is 14.5 Å². The number of halogens is 2. The molecule has 3 N–H and O–H groups in total. The number of ether oxygens (including phenoxy) is 1. The molecule has 0 spiro atoms. The Bertz CT molecular complexity index is 1260. The molecule has 156 valence electrons. The summed E-state index contributed by atoms with van der Waals surface area (Å²) >= 11 is 0. The molecule has 0 atom stereocenters. The van der Waals surface area contributed by atoms with Gasteiger partial charge in [-0.05, 0) is 35.9 Å². The molecule has 4 aromatic rings. The van der Waals surface area contributed by atoms with Crippen LogP contribution in [-0.4, -0.2) is 32.8 Å². The normalized spacial score (nSPS) is 10.9. The highest BCUT2D eigenvalue weighted by atomic mass is 19.3. The molecule has 2 aromatic heterocycles. The molecular weight excluding hydrogens is 408 g/mol. The molecule has 0 aliphatic rings. The first-order valence-corrected chi connectivity index (χ1v) is 9.02. The second kappa shape index (κ2) is 8.19. The molecule has 2 heterocycles. The maximum atomic E-state index is 12.8.